The Labute approximate surface area is 253 Å². The van der Waals surface area contributed by atoms with Gasteiger partial charge >= 0.3 is 0 Å². The molecule has 0 aliphatic carbocycles. The van der Waals surface area contributed by atoms with Gasteiger partial charge < -0.3 is 4.74 Å². The van der Waals surface area contributed by atoms with Crippen LogP contribution < -0.4 is 0 Å². The average Bonchev–Trinajstić information content (AvgIpc) is 3.70. The van der Waals surface area contributed by atoms with E-state index < -0.39 is 0 Å². The molecule has 1 heterocycles. The van der Waals surface area contributed by atoms with Crippen LogP contribution in [0.2, 0.25) is 0 Å². The van der Waals surface area contributed by atoms with E-state index in [4.69, 9.17) is 0 Å². The molecular formula is C41H33NO. The number of hydrogen-bond acceptors (Lipinski definition) is 2. The Morgan fingerprint density at radius 3 is 1.12 bits per heavy atom. The van der Waals surface area contributed by atoms with Gasteiger partial charge in [-0.2, -0.15) is 0 Å². The van der Waals surface area contributed by atoms with Crippen LogP contribution in [0.25, 0.3) is 54.9 Å². The van der Waals surface area contributed by atoms with E-state index in [1.807, 2.05) is 12.1 Å². The van der Waals surface area contributed by atoms with Crippen LogP contribution in [0.4, 0.5) is 0 Å². The molecule has 0 unspecified atom stereocenters. The molecule has 0 atom stereocenters. The molecule has 7 aromatic carbocycles. The molecule has 0 saturated carbocycles. The Hall–Kier alpha value is -5.47. The number of ether oxygens (including phenoxy) is 1. The molecular weight excluding hydrogens is 522 g/mol. The van der Waals surface area contributed by atoms with Gasteiger partial charge in [-0.05, 0) is 67.1 Å². The normalized spacial score (nSPS) is 11.6. The lowest BCUT2D eigenvalue weighted by Gasteiger charge is -2.12. The molecule has 0 aromatic heterocycles. The smallest absolute Gasteiger partial charge is 0.169 e. The van der Waals surface area contributed by atoms with Gasteiger partial charge in [-0.1, -0.05) is 158 Å². The van der Waals surface area contributed by atoms with Crippen molar-refractivity contribution in [3.8, 4) is 33.4 Å². The Balaban J connectivity index is 0.000000159. The first-order valence-corrected chi connectivity index (χ1v) is 14.6. The van der Waals surface area contributed by atoms with Crippen molar-refractivity contribution in [2.45, 2.75) is 0 Å². The summed E-state index contributed by atoms with van der Waals surface area (Å²) in [7, 11) is 0. The molecule has 2 nitrogen and oxygen atoms in total. The van der Waals surface area contributed by atoms with Gasteiger partial charge in [-0.3, -0.25) is 4.99 Å². The summed E-state index contributed by atoms with van der Waals surface area (Å²) < 4.78 is 4.65. The van der Waals surface area contributed by atoms with Crippen molar-refractivity contribution in [3.05, 3.63) is 170 Å². The standard InChI is InChI=1S/C26H18.C12H10.C3H5NO/c1-3-9-19(10-4-1)23-15-7-13-21-18-26-22(17-25(21)23)14-8-16-24(26)20-11-5-2-6-12-20;1-3-7-11(8-4-1)12-9-5-2-6-10-12;1-2-5-3-4-1/h1-18H;1-10H;3H,1-2H2. The van der Waals surface area contributed by atoms with Crippen molar-refractivity contribution in [1.29, 1.82) is 0 Å². The maximum absolute atomic E-state index is 4.65. The Kier molecular flexibility index (Phi) is 8.97. The molecule has 2 heteroatoms. The summed E-state index contributed by atoms with van der Waals surface area (Å²) in [6, 6.07) is 59.9. The van der Waals surface area contributed by atoms with Crippen LogP contribution in [0.3, 0.4) is 0 Å². The van der Waals surface area contributed by atoms with Gasteiger partial charge in [-0.15, -0.1) is 0 Å². The number of rotatable bonds is 3. The second-order valence-corrected chi connectivity index (χ2v) is 10.3. The molecule has 0 saturated heterocycles. The summed E-state index contributed by atoms with van der Waals surface area (Å²) in [6.07, 6.45) is 1.49. The average molecular weight is 556 g/mol. The minimum Gasteiger partial charge on any atom is -0.482 e. The maximum Gasteiger partial charge on any atom is 0.169 e. The molecule has 0 amide bonds. The Morgan fingerprint density at radius 1 is 0.395 bits per heavy atom. The highest BCUT2D eigenvalue weighted by atomic mass is 16.5. The predicted molar refractivity (Wildman–Crippen MR) is 184 cm³/mol. The highest BCUT2D eigenvalue weighted by Crippen LogP contribution is 2.35. The number of hydrogen-bond donors (Lipinski definition) is 0. The SMILES string of the molecule is C1=NCCO1.c1ccc(-c2cccc3cc4c(-c5ccccc5)cccc4cc23)cc1.c1ccc(-c2ccccc2)cc1. The lowest BCUT2D eigenvalue weighted by molar-refractivity contribution is 0.361. The van der Waals surface area contributed by atoms with E-state index in [1.165, 1.54) is 61.3 Å². The molecule has 0 radical (unpaired) electrons. The summed E-state index contributed by atoms with van der Waals surface area (Å²) in [5, 5.41) is 5.16. The van der Waals surface area contributed by atoms with E-state index >= 15 is 0 Å². The molecule has 1 aliphatic heterocycles. The van der Waals surface area contributed by atoms with Crippen molar-refractivity contribution in [2.75, 3.05) is 13.2 Å². The Bertz CT molecular complexity index is 1770. The maximum atomic E-state index is 4.65. The van der Waals surface area contributed by atoms with E-state index in [-0.39, 0.29) is 0 Å². The van der Waals surface area contributed by atoms with E-state index in [2.05, 4.69) is 167 Å². The lowest BCUT2D eigenvalue weighted by atomic mass is 9.92. The summed E-state index contributed by atoms with van der Waals surface area (Å²) >= 11 is 0. The minimum absolute atomic E-state index is 0.778. The largest absolute Gasteiger partial charge is 0.482 e. The molecule has 0 fully saturated rings. The molecule has 0 spiro atoms. The highest BCUT2D eigenvalue weighted by Gasteiger charge is 2.08. The van der Waals surface area contributed by atoms with E-state index in [0.717, 1.165) is 13.2 Å². The van der Waals surface area contributed by atoms with Crippen molar-refractivity contribution >= 4 is 27.9 Å². The van der Waals surface area contributed by atoms with Gasteiger partial charge in [0.25, 0.3) is 0 Å². The molecule has 208 valence electrons. The first-order valence-electron chi connectivity index (χ1n) is 14.6. The second kappa shape index (κ2) is 13.9. The molecule has 43 heavy (non-hydrogen) atoms. The zero-order valence-corrected chi connectivity index (χ0v) is 24.0. The second-order valence-electron chi connectivity index (χ2n) is 10.3. The summed E-state index contributed by atoms with van der Waals surface area (Å²) in [6.45, 7) is 1.62. The monoisotopic (exact) mass is 555 g/mol. The third-order valence-electron chi connectivity index (χ3n) is 7.42. The van der Waals surface area contributed by atoms with E-state index in [0.29, 0.717) is 0 Å². The first-order chi connectivity index (χ1) is 21.4. The lowest BCUT2D eigenvalue weighted by Crippen LogP contribution is -1.85. The quantitative estimate of drug-likeness (QED) is 0.199. The molecule has 0 N–H and O–H groups in total. The van der Waals surface area contributed by atoms with Gasteiger partial charge in [0.05, 0.1) is 6.54 Å². The van der Waals surface area contributed by atoms with Crippen LogP contribution >= 0.6 is 0 Å². The van der Waals surface area contributed by atoms with Gasteiger partial charge in [0.1, 0.15) is 6.61 Å². The molecule has 1 aliphatic rings. The zero-order valence-electron chi connectivity index (χ0n) is 24.0. The van der Waals surface area contributed by atoms with Crippen molar-refractivity contribution in [2.24, 2.45) is 4.99 Å². The van der Waals surface area contributed by atoms with Gasteiger partial charge in [0, 0.05) is 0 Å². The fourth-order valence-electron chi connectivity index (χ4n) is 5.31. The van der Waals surface area contributed by atoms with Crippen molar-refractivity contribution in [3.63, 3.8) is 0 Å². The van der Waals surface area contributed by atoms with Gasteiger partial charge in [0.2, 0.25) is 0 Å². The number of benzene rings is 7. The van der Waals surface area contributed by atoms with Crippen LogP contribution in [-0.2, 0) is 4.74 Å². The van der Waals surface area contributed by atoms with Gasteiger partial charge in [0.15, 0.2) is 6.40 Å². The first kappa shape index (κ1) is 27.7. The fourth-order valence-corrected chi connectivity index (χ4v) is 5.31. The molecule has 7 aromatic rings. The summed E-state index contributed by atoms with van der Waals surface area (Å²) in [5.74, 6) is 0. The molecule has 0 bridgehead atoms. The Morgan fingerprint density at radius 2 is 0.791 bits per heavy atom. The third-order valence-corrected chi connectivity index (χ3v) is 7.42. The van der Waals surface area contributed by atoms with E-state index in [9.17, 15) is 0 Å². The highest BCUT2D eigenvalue weighted by molar-refractivity contribution is 6.08. The van der Waals surface area contributed by atoms with Gasteiger partial charge in [-0.25, -0.2) is 0 Å². The van der Waals surface area contributed by atoms with Crippen molar-refractivity contribution < 1.29 is 4.74 Å². The van der Waals surface area contributed by atoms with Crippen LogP contribution in [-0.4, -0.2) is 19.6 Å². The predicted octanol–water partition coefficient (Wildman–Crippen LogP) is 10.7. The zero-order chi connectivity index (χ0) is 29.1. The number of nitrogens with zero attached hydrogens (tertiary/aromatic N) is 1. The van der Waals surface area contributed by atoms with Crippen LogP contribution in [0.15, 0.2) is 175 Å². The van der Waals surface area contributed by atoms with Crippen LogP contribution in [0.1, 0.15) is 0 Å². The summed E-state index contributed by atoms with van der Waals surface area (Å²) in [4.78, 5) is 3.74. The van der Waals surface area contributed by atoms with Crippen LogP contribution in [0.5, 0.6) is 0 Å². The van der Waals surface area contributed by atoms with E-state index in [1.54, 1.807) is 0 Å². The number of fused-ring (bicyclic) bond motifs is 2. The van der Waals surface area contributed by atoms with Crippen LogP contribution in [0, 0.1) is 0 Å². The summed E-state index contributed by atoms with van der Waals surface area (Å²) in [5.41, 5.74) is 7.65. The number of aliphatic imine (C=N–C) groups is 1. The fraction of sp³-hybridized carbons (Fsp3) is 0.0488. The topological polar surface area (TPSA) is 21.6 Å². The van der Waals surface area contributed by atoms with Crippen molar-refractivity contribution in [1.82, 2.24) is 0 Å². The minimum atomic E-state index is 0.778. The molecule has 8 rings (SSSR count). The third kappa shape index (κ3) is 6.89.